The van der Waals surface area contributed by atoms with Crippen molar-refractivity contribution >= 4 is 11.7 Å². The molecule has 1 aromatic rings. The van der Waals surface area contributed by atoms with Crippen LogP contribution >= 0.6 is 0 Å². The van der Waals surface area contributed by atoms with E-state index in [1.165, 1.54) is 57.8 Å². The molecule has 0 saturated carbocycles. The summed E-state index contributed by atoms with van der Waals surface area (Å²) in [5.41, 5.74) is 2.82. The average molecular weight is 384 g/mol. The minimum atomic E-state index is -0.0275. The number of aromatic nitrogens is 1. The van der Waals surface area contributed by atoms with Gasteiger partial charge in [-0.1, -0.05) is 82.9 Å². The molecule has 28 heavy (non-hydrogen) atoms. The first kappa shape index (κ1) is 22.2. The summed E-state index contributed by atoms with van der Waals surface area (Å²) < 4.78 is 0. The van der Waals surface area contributed by atoms with Crippen molar-refractivity contribution in [3.8, 4) is 0 Å². The minimum Gasteiger partial charge on any atom is -0.338 e. The Labute approximate surface area is 171 Å². The Bertz CT molecular complexity index is 637. The topological polar surface area (TPSA) is 45.2 Å². The summed E-state index contributed by atoms with van der Waals surface area (Å²) in [6, 6.07) is 5.79. The Morgan fingerprint density at radius 3 is 2.36 bits per heavy atom. The molecule has 0 saturated heterocycles. The van der Waals surface area contributed by atoms with Gasteiger partial charge in [0, 0.05) is 19.3 Å². The van der Waals surface area contributed by atoms with Crippen LogP contribution in [0.15, 0.2) is 42.1 Å². The van der Waals surface area contributed by atoms with Gasteiger partial charge in [0.25, 0.3) is 0 Å². The second-order valence-electron chi connectivity index (χ2n) is 7.67. The highest BCUT2D eigenvalue weighted by Crippen LogP contribution is 2.25. The standard InChI is InChI=1S/C24H37N3O/c1-3-4-5-6-7-8-9-10-11-13-19-26-24(28)27-20-15-16-21(2)23(27)22-17-12-14-18-25-22/h12,14-18H,3-11,13,19-20H2,1-2H3,(H,26,28). The second-order valence-corrected chi connectivity index (χ2v) is 7.67. The fourth-order valence-electron chi connectivity index (χ4n) is 3.65. The summed E-state index contributed by atoms with van der Waals surface area (Å²) >= 11 is 0. The highest BCUT2D eigenvalue weighted by molar-refractivity contribution is 5.87. The molecule has 154 valence electrons. The van der Waals surface area contributed by atoms with E-state index in [0.29, 0.717) is 6.54 Å². The normalized spacial score (nSPS) is 13.9. The van der Waals surface area contributed by atoms with Crippen LogP contribution in [0.25, 0.3) is 5.70 Å². The summed E-state index contributed by atoms with van der Waals surface area (Å²) in [6.07, 6.45) is 18.9. The Balaban J connectivity index is 1.65. The number of hydrogen-bond donors (Lipinski definition) is 1. The number of urea groups is 1. The van der Waals surface area contributed by atoms with Crippen LogP contribution in [0, 0.1) is 0 Å². The number of hydrogen-bond acceptors (Lipinski definition) is 2. The van der Waals surface area contributed by atoms with E-state index < -0.39 is 0 Å². The fourth-order valence-corrected chi connectivity index (χ4v) is 3.65. The third-order valence-electron chi connectivity index (χ3n) is 5.26. The SMILES string of the molecule is CCCCCCCCCCCCNC(=O)N1CC=CC(C)=C1c1ccccn1. The lowest BCUT2D eigenvalue weighted by molar-refractivity contribution is 0.220. The number of pyridine rings is 1. The molecule has 0 aliphatic carbocycles. The van der Waals surface area contributed by atoms with Crippen LogP contribution in [0.4, 0.5) is 4.79 Å². The number of allylic oxidation sites excluding steroid dienone is 2. The van der Waals surface area contributed by atoms with E-state index in [0.717, 1.165) is 29.9 Å². The van der Waals surface area contributed by atoms with Crippen LogP contribution in [0.1, 0.15) is 83.7 Å². The molecule has 0 atom stereocenters. The van der Waals surface area contributed by atoms with Crippen LogP contribution in [-0.2, 0) is 0 Å². The number of unbranched alkanes of at least 4 members (excludes halogenated alkanes) is 9. The maximum Gasteiger partial charge on any atom is 0.322 e. The smallest absolute Gasteiger partial charge is 0.322 e. The molecule has 4 nitrogen and oxygen atoms in total. The van der Waals surface area contributed by atoms with E-state index in [4.69, 9.17) is 0 Å². The molecule has 1 aromatic heterocycles. The number of carbonyl (C=O) groups is 1. The van der Waals surface area contributed by atoms with E-state index in [2.05, 4.69) is 23.3 Å². The summed E-state index contributed by atoms with van der Waals surface area (Å²) in [5.74, 6) is 0. The molecule has 2 rings (SSSR count). The molecule has 2 amide bonds. The molecular weight excluding hydrogens is 346 g/mol. The minimum absolute atomic E-state index is 0.0275. The molecule has 0 spiro atoms. The Morgan fingerprint density at radius 2 is 1.71 bits per heavy atom. The molecule has 0 radical (unpaired) electrons. The molecule has 0 fully saturated rings. The molecule has 1 aliphatic rings. The van der Waals surface area contributed by atoms with Crippen LogP contribution in [-0.4, -0.2) is 29.0 Å². The van der Waals surface area contributed by atoms with Crippen LogP contribution in [0.2, 0.25) is 0 Å². The zero-order valence-electron chi connectivity index (χ0n) is 17.8. The largest absolute Gasteiger partial charge is 0.338 e. The third kappa shape index (κ3) is 7.49. The van der Waals surface area contributed by atoms with Crippen molar-refractivity contribution in [2.75, 3.05) is 13.1 Å². The molecule has 2 heterocycles. The first-order valence-corrected chi connectivity index (χ1v) is 11.1. The number of nitrogens with zero attached hydrogens (tertiary/aromatic N) is 2. The fraction of sp³-hybridized carbons (Fsp3) is 0.583. The lowest BCUT2D eigenvalue weighted by atomic mass is 10.1. The van der Waals surface area contributed by atoms with Crippen molar-refractivity contribution < 1.29 is 4.79 Å². The van der Waals surface area contributed by atoms with Gasteiger partial charge in [0.05, 0.1) is 11.4 Å². The van der Waals surface area contributed by atoms with Gasteiger partial charge in [-0.05, 0) is 31.1 Å². The molecule has 4 heteroatoms. The maximum atomic E-state index is 12.7. The van der Waals surface area contributed by atoms with Crippen molar-refractivity contribution in [3.05, 3.63) is 47.8 Å². The number of nitrogens with one attached hydrogen (secondary N) is 1. The molecular formula is C24H37N3O. The predicted octanol–water partition coefficient (Wildman–Crippen LogP) is 6.31. The van der Waals surface area contributed by atoms with Gasteiger partial charge in [-0.15, -0.1) is 0 Å². The summed E-state index contributed by atoms with van der Waals surface area (Å²) in [5, 5.41) is 3.09. The van der Waals surface area contributed by atoms with Crippen molar-refractivity contribution in [2.24, 2.45) is 0 Å². The van der Waals surface area contributed by atoms with E-state index in [1.54, 1.807) is 11.1 Å². The van der Waals surface area contributed by atoms with Gasteiger partial charge in [-0.2, -0.15) is 0 Å². The maximum absolute atomic E-state index is 12.7. The summed E-state index contributed by atoms with van der Waals surface area (Å²) in [4.78, 5) is 18.9. The van der Waals surface area contributed by atoms with Crippen LogP contribution in [0.5, 0.6) is 0 Å². The monoisotopic (exact) mass is 383 g/mol. The summed E-state index contributed by atoms with van der Waals surface area (Å²) in [7, 11) is 0. The Morgan fingerprint density at radius 1 is 1.04 bits per heavy atom. The van der Waals surface area contributed by atoms with E-state index >= 15 is 0 Å². The lowest BCUT2D eigenvalue weighted by Gasteiger charge is -2.28. The molecule has 1 N–H and O–H groups in total. The zero-order valence-corrected chi connectivity index (χ0v) is 17.8. The third-order valence-corrected chi connectivity index (χ3v) is 5.26. The van der Waals surface area contributed by atoms with E-state index in [1.807, 2.05) is 31.2 Å². The van der Waals surface area contributed by atoms with Crippen molar-refractivity contribution in [1.82, 2.24) is 15.2 Å². The van der Waals surface area contributed by atoms with Gasteiger partial charge in [0.2, 0.25) is 0 Å². The Hall–Kier alpha value is -2.10. The van der Waals surface area contributed by atoms with Gasteiger partial charge < -0.3 is 5.32 Å². The van der Waals surface area contributed by atoms with Gasteiger partial charge >= 0.3 is 6.03 Å². The van der Waals surface area contributed by atoms with Crippen molar-refractivity contribution in [3.63, 3.8) is 0 Å². The number of amides is 2. The van der Waals surface area contributed by atoms with E-state index in [-0.39, 0.29) is 6.03 Å². The predicted molar refractivity (Wildman–Crippen MR) is 118 cm³/mol. The van der Waals surface area contributed by atoms with Gasteiger partial charge in [-0.25, -0.2) is 4.79 Å². The summed E-state index contributed by atoms with van der Waals surface area (Å²) in [6.45, 7) is 5.62. The highest BCUT2D eigenvalue weighted by Gasteiger charge is 2.22. The second kappa shape index (κ2) is 13.1. The van der Waals surface area contributed by atoms with Crippen LogP contribution < -0.4 is 5.32 Å². The van der Waals surface area contributed by atoms with Crippen molar-refractivity contribution in [1.29, 1.82) is 0 Å². The number of carbonyl (C=O) groups excluding carboxylic acids is 1. The highest BCUT2D eigenvalue weighted by atomic mass is 16.2. The van der Waals surface area contributed by atoms with Gasteiger partial charge in [0.15, 0.2) is 0 Å². The average Bonchev–Trinajstić information content (AvgIpc) is 2.72. The van der Waals surface area contributed by atoms with Crippen LogP contribution in [0.3, 0.4) is 0 Å². The van der Waals surface area contributed by atoms with E-state index in [9.17, 15) is 4.79 Å². The number of rotatable bonds is 12. The first-order valence-electron chi connectivity index (χ1n) is 11.1. The Kier molecular flexibility index (Phi) is 10.4. The zero-order chi connectivity index (χ0) is 20.0. The van der Waals surface area contributed by atoms with Gasteiger partial charge in [0.1, 0.15) is 0 Å². The first-order chi connectivity index (χ1) is 13.7. The van der Waals surface area contributed by atoms with Crippen molar-refractivity contribution in [2.45, 2.75) is 78.1 Å². The molecule has 1 aliphatic heterocycles. The lowest BCUT2D eigenvalue weighted by Crippen LogP contribution is -2.40. The molecule has 0 bridgehead atoms. The quantitative estimate of drug-likeness (QED) is 0.430. The molecule has 0 unspecified atom stereocenters. The van der Waals surface area contributed by atoms with Gasteiger partial charge in [-0.3, -0.25) is 9.88 Å². The molecule has 0 aromatic carbocycles.